The van der Waals surface area contributed by atoms with E-state index in [1.165, 1.54) is 0 Å². The summed E-state index contributed by atoms with van der Waals surface area (Å²) in [7, 11) is 0. The van der Waals surface area contributed by atoms with Gasteiger partial charge in [0.25, 0.3) is 5.91 Å². The molecule has 0 unspecified atom stereocenters. The van der Waals surface area contributed by atoms with Gasteiger partial charge in [-0.05, 0) is 30.2 Å². The average Bonchev–Trinajstić information content (AvgIpc) is 2.98. The molecule has 0 atom stereocenters. The summed E-state index contributed by atoms with van der Waals surface area (Å²) in [4.78, 5) is 12.6. The molecule has 0 aliphatic rings. The number of halogens is 1. The maximum absolute atomic E-state index is 12.6. The van der Waals surface area contributed by atoms with E-state index in [2.05, 4.69) is 38.5 Å². The molecule has 122 valence electrons. The topological polar surface area (TPSA) is 46.9 Å². The highest BCUT2D eigenvalue weighted by molar-refractivity contribution is 9.10. The van der Waals surface area contributed by atoms with Crippen LogP contribution in [0.3, 0.4) is 0 Å². The van der Waals surface area contributed by atoms with Gasteiger partial charge in [0.15, 0.2) is 0 Å². The van der Waals surface area contributed by atoms with Crippen LogP contribution in [0.1, 0.15) is 28.5 Å². The molecule has 0 spiro atoms. The summed E-state index contributed by atoms with van der Waals surface area (Å²) < 4.78 is 2.82. The highest BCUT2D eigenvalue weighted by atomic mass is 79.9. The number of rotatable bonds is 5. The molecule has 3 rings (SSSR count). The number of amides is 1. The lowest BCUT2D eigenvalue weighted by atomic mass is 10.1. The minimum absolute atomic E-state index is 0.135. The normalized spacial score (nSPS) is 10.6. The third-order valence-electron chi connectivity index (χ3n) is 3.79. The first-order valence-electron chi connectivity index (χ1n) is 7.83. The standard InChI is InChI=1S/C19H18BrN3O/c1-2-18-17(19(24)22-16-10-6-9-15(20)11-16)12-21-23(18)13-14-7-4-3-5-8-14/h3-12H,2,13H2,1H3,(H,22,24). The van der Waals surface area contributed by atoms with E-state index in [-0.39, 0.29) is 5.91 Å². The van der Waals surface area contributed by atoms with Crippen LogP contribution in [-0.4, -0.2) is 15.7 Å². The Labute approximate surface area is 149 Å². The number of aromatic nitrogens is 2. The summed E-state index contributed by atoms with van der Waals surface area (Å²) in [5.41, 5.74) is 3.47. The van der Waals surface area contributed by atoms with Crippen molar-refractivity contribution in [3.8, 4) is 0 Å². The molecular formula is C19H18BrN3O. The number of nitrogens with zero attached hydrogens (tertiary/aromatic N) is 2. The molecule has 0 saturated carbocycles. The molecule has 3 aromatic rings. The summed E-state index contributed by atoms with van der Waals surface area (Å²) in [5, 5.41) is 7.34. The van der Waals surface area contributed by atoms with Crippen LogP contribution in [0.2, 0.25) is 0 Å². The minimum Gasteiger partial charge on any atom is -0.322 e. The first-order chi connectivity index (χ1) is 11.7. The predicted molar refractivity (Wildman–Crippen MR) is 99.2 cm³/mol. The van der Waals surface area contributed by atoms with E-state index in [0.29, 0.717) is 12.1 Å². The van der Waals surface area contributed by atoms with Gasteiger partial charge in [0.05, 0.1) is 24.0 Å². The van der Waals surface area contributed by atoms with Crippen molar-refractivity contribution in [2.45, 2.75) is 19.9 Å². The Hall–Kier alpha value is -2.40. The molecule has 0 saturated heterocycles. The van der Waals surface area contributed by atoms with Gasteiger partial charge in [0, 0.05) is 10.2 Å². The summed E-state index contributed by atoms with van der Waals surface area (Å²) >= 11 is 3.41. The SMILES string of the molecule is CCc1c(C(=O)Nc2cccc(Br)c2)cnn1Cc1ccccc1. The Morgan fingerprint density at radius 2 is 1.96 bits per heavy atom. The Balaban J connectivity index is 1.82. The average molecular weight is 384 g/mol. The molecule has 0 aliphatic heterocycles. The highest BCUT2D eigenvalue weighted by Crippen LogP contribution is 2.18. The minimum atomic E-state index is -0.135. The summed E-state index contributed by atoms with van der Waals surface area (Å²) in [6.07, 6.45) is 2.39. The number of carbonyl (C=O) groups excluding carboxylic acids is 1. The second-order valence-electron chi connectivity index (χ2n) is 5.47. The molecule has 24 heavy (non-hydrogen) atoms. The highest BCUT2D eigenvalue weighted by Gasteiger charge is 2.16. The Morgan fingerprint density at radius 3 is 2.67 bits per heavy atom. The second kappa shape index (κ2) is 7.45. The van der Waals surface area contributed by atoms with Gasteiger partial charge in [-0.3, -0.25) is 9.48 Å². The fourth-order valence-corrected chi connectivity index (χ4v) is 3.03. The maximum atomic E-state index is 12.6. The molecule has 4 nitrogen and oxygen atoms in total. The van der Waals surface area contributed by atoms with E-state index in [4.69, 9.17) is 0 Å². The van der Waals surface area contributed by atoms with Gasteiger partial charge >= 0.3 is 0 Å². The molecular weight excluding hydrogens is 366 g/mol. The lowest BCUT2D eigenvalue weighted by Crippen LogP contribution is -2.15. The number of hydrogen-bond acceptors (Lipinski definition) is 2. The number of hydrogen-bond donors (Lipinski definition) is 1. The van der Waals surface area contributed by atoms with E-state index in [0.717, 1.165) is 27.8 Å². The summed E-state index contributed by atoms with van der Waals surface area (Å²) in [6, 6.07) is 17.7. The van der Waals surface area contributed by atoms with Gasteiger partial charge in [-0.15, -0.1) is 0 Å². The van der Waals surface area contributed by atoms with Crippen molar-refractivity contribution in [3.63, 3.8) is 0 Å². The molecule has 0 aliphatic carbocycles. The lowest BCUT2D eigenvalue weighted by Gasteiger charge is -2.09. The van der Waals surface area contributed by atoms with Crippen molar-refractivity contribution in [1.29, 1.82) is 0 Å². The predicted octanol–water partition coefficient (Wildman–Crippen LogP) is 4.51. The van der Waals surface area contributed by atoms with E-state index in [1.54, 1.807) is 6.20 Å². The van der Waals surface area contributed by atoms with Crippen molar-refractivity contribution >= 4 is 27.5 Å². The van der Waals surface area contributed by atoms with Crippen LogP contribution in [0, 0.1) is 0 Å². The number of benzene rings is 2. The Kier molecular flexibility index (Phi) is 5.11. The fraction of sp³-hybridized carbons (Fsp3) is 0.158. The fourth-order valence-electron chi connectivity index (χ4n) is 2.63. The Bertz CT molecular complexity index is 843. The summed E-state index contributed by atoms with van der Waals surface area (Å²) in [6.45, 7) is 2.70. The molecule has 0 radical (unpaired) electrons. The van der Waals surface area contributed by atoms with Crippen LogP contribution in [0.4, 0.5) is 5.69 Å². The van der Waals surface area contributed by atoms with E-state index in [9.17, 15) is 4.79 Å². The van der Waals surface area contributed by atoms with Crippen LogP contribution in [0.25, 0.3) is 0 Å². The number of carbonyl (C=O) groups is 1. The quantitative estimate of drug-likeness (QED) is 0.704. The zero-order valence-electron chi connectivity index (χ0n) is 13.4. The van der Waals surface area contributed by atoms with Gasteiger partial charge in [-0.25, -0.2) is 0 Å². The van der Waals surface area contributed by atoms with Crippen molar-refractivity contribution in [1.82, 2.24) is 9.78 Å². The zero-order valence-corrected chi connectivity index (χ0v) is 15.0. The lowest BCUT2D eigenvalue weighted by molar-refractivity contribution is 0.102. The van der Waals surface area contributed by atoms with Crippen LogP contribution in [0.5, 0.6) is 0 Å². The number of anilines is 1. The molecule has 1 N–H and O–H groups in total. The van der Waals surface area contributed by atoms with Crippen molar-refractivity contribution in [2.24, 2.45) is 0 Å². The van der Waals surface area contributed by atoms with Gasteiger partial charge in [0.1, 0.15) is 0 Å². The maximum Gasteiger partial charge on any atom is 0.259 e. The van der Waals surface area contributed by atoms with Crippen LogP contribution in [-0.2, 0) is 13.0 Å². The first-order valence-corrected chi connectivity index (χ1v) is 8.62. The van der Waals surface area contributed by atoms with Gasteiger partial charge in [-0.1, -0.05) is 59.3 Å². The molecule has 2 aromatic carbocycles. The van der Waals surface area contributed by atoms with Crippen LogP contribution < -0.4 is 5.32 Å². The number of nitrogens with one attached hydrogen (secondary N) is 1. The molecule has 1 amide bonds. The van der Waals surface area contributed by atoms with Crippen molar-refractivity contribution in [2.75, 3.05) is 5.32 Å². The molecule has 1 aromatic heterocycles. The smallest absolute Gasteiger partial charge is 0.259 e. The Morgan fingerprint density at radius 1 is 1.17 bits per heavy atom. The molecule has 0 fully saturated rings. The third kappa shape index (κ3) is 3.74. The van der Waals surface area contributed by atoms with E-state index >= 15 is 0 Å². The first kappa shape index (κ1) is 16.5. The second-order valence-corrected chi connectivity index (χ2v) is 6.38. The third-order valence-corrected chi connectivity index (χ3v) is 4.28. The largest absolute Gasteiger partial charge is 0.322 e. The van der Waals surface area contributed by atoms with Gasteiger partial charge in [0.2, 0.25) is 0 Å². The molecule has 5 heteroatoms. The van der Waals surface area contributed by atoms with Gasteiger partial charge in [-0.2, -0.15) is 5.10 Å². The van der Waals surface area contributed by atoms with Crippen molar-refractivity contribution < 1.29 is 4.79 Å². The summed E-state index contributed by atoms with van der Waals surface area (Å²) in [5.74, 6) is -0.135. The van der Waals surface area contributed by atoms with Crippen LogP contribution in [0.15, 0.2) is 65.3 Å². The zero-order chi connectivity index (χ0) is 16.9. The van der Waals surface area contributed by atoms with Crippen LogP contribution >= 0.6 is 15.9 Å². The van der Waals surface area contributed by atoms with Crippen molar-refractivity contribution in [3.05, 3.63) is 82.1 Å². The van der Waals surface area contributed by atoms with Gasteiger partial charge < -0.3 is 5.32 Å². The van der Waals surface area contributed by atoms with E-state index < -0.39 is 0 Å². The van der Waals surface area contributed by atoms with E-state index in [1.807, 2.05) is 54.1 Å². The monoisotopic (exact) mass is 383 g/mol. The molecule has 0 bridgehead atoms. The molecule has 1 heterocycles.